The van der Waals surface area contributed by atoms with E-state index in [1.54, 1.807) is 13.1 Å². The van der Waals surface area contributed by atoms with Gasteiger partial charge < -0.3 is 15.8 Å². The second-order valence-electron chi connectivity index (χ2n) is 4.05. The van der Waals surface area contributed by atoms with Gasteiger partial charge in [0, 0.05) is 19.2 Å². The Morgan fingerprint density at radius 2 is 2.32 bits per heavy atom. The van der Waals surface area contributed by atoms with Crippen LogP contribution < -0.4 is 11.1 Å². The molecule has 0 saturated carbocycles. The number of carbonyl (C=O) groups is 1. The number of hydrogen-bond acceptors (Lipinski definition) is 5. The largest absolute Gasteiger partial charge is 0.466 e. The van der Waals surface area contributed by atoms with Crippen LogP contribution in [-0.2, 0) is 9.53 Å². The van der Waals surface area contributed by atoms with E-state index in [1.165, 1.54) is 0 Å². The predicted octanol–water partition coefficient (Wildman–Crippen LogP) is 1.78. The summed E-state index contributed by atoms with van der Waals surface area (Å²) in [6.45, 7) is 4.75. The Bertz CT molecular complexity index is 463. The molecule has 0 saturated heterocycles. The van der Waals surface area contributed by atoms with E-state index in [1.807, 2.05) is 13.0 Å². The van der Waals surface area contributed by atoms with E-state index in [4.69, 9.17) is 22.7 Å². The van der Waals surface area contributed by atoms with Gasteiger partial charge in [-0.15, -0.1) is 0 Å². The number of aryl methyl sites for hydroxylation is 1. The molecule has 0 unspecified atom stereocenters. The molecule has 104 valence electrons. The van der Waals surface area contributed by atoms with Gasteiger partial charge in [-0.2, -0.15) is 0 Å². The molecule has 1 aromatic rings. The van der Waals surface area contributed by atoms with E-state index < -0.39 is 0 Å². The van der Waals surface area contributed by atoms with Gasteiger partial charge in [-0.1, -0.05) is 12.2 Å². The van der Waals surface area contributed by atoms with Crippen molar-refractivity contribution in [2.75, 3.05) is 18.5 Å². The minimum atomic E-state index is -0.184. The highest BCUT2D eigenvalue weighted by molar-refractivity contribution is 7.80. The molecule has 0 aliphatic rings. The molecule has 0 bridgehead atoms. The number of pyridine rings is 1. The number of nitrogens with zero attached hydrogens (tertiary/aromatic N) is 1. The smallest absolute Gasteiger partial charge is 0.305 e. The van der Waals surface area contributed by atoms with Crippen LogP contribution in [0.1, 0.15) is 30.9 Å². The van der Waals surface area contributed by atoms with Gasteiger partial charge in [0.25, 0.3) is 0 Å². The number of nitrogens with one attached hydrogen (secondary N) is 1. The molecule has 1 aromatic heterocycles. The van der Waals surface area contributed by atoms with Crippen LogP contribution in [0.4, 0.5) is 5.82 Å². The van der Waals surface area contributed by atoms with Crippen molar-refractivity contribution in [3.63, 3.8) is 0 Å². The van der Waals surface area contributed by atoms with E-state index in [2.05, 4.69) is 10.3 Å². The number of thiocarbonyl (C=S) groups is 1. The molecule has 0 atom stereocenters. The van der Waals surface area contributed by atoms with Crippen LogP contribution in [0.25, 0.3) is 0 Å². The molecule has 3 N–H and O–H groups in total. The first kappa shape index (κ1) is 15.4. The van der Waals surface area contributed by atoms with Gasteiger partial charge in [-0.25, -0.2) is 4.98 Å². The number of anilines is 1. The second kappa shape index (κ2) is 7.68. The third-order valence-electron chi connectivity index (χ3n) is 2.56. The lowest BCUT2D eigenvalue weighted by Crippen LogP contribution is -2.17. The molecule has 0 radical (unpaired) electrons. The summed E-state index contributed by atoms with van der Waals surface area (Å²) in [6, 6.07) is 1.86. The number of rotatable bonds is 7. The van der Waals surface area contributed by atoms with Crippen molar-refractivity contribution in [3.05, 3.63) is 23.4 Å². The number of ether oxygens (including phenoxy) is 1. The molecule has 6 heteroatoms. The van der Waals surface area contributed by atoms with Gasteiger partial charge in [-0.3, -0.25) is 4.79 Å². The van der Waals surface area contributed by atoms with Crippen molar-refractivity contribution in [2.24, 2.45) is 5.73 Å². The molecule has 0 aromatic carbocycles. The van der Waals surface area contributed by atoms with Crippen molar-refractivity contribution in [3.8, 4) is 0 Å². The third-order valence-corrected chi connectivity index (χ3v) is 2.77. The lowest BCUT2D eigenvalue weighted by atomic mass is 10.1. The number of esters is 1. The second-order valence-corrected chi connectivity index (χ2v) is 4.49. The van der Waals surface area contributed by atoms with Crippen LogP contribution in [0.2, 0.25) is 0 Å². The van der Waals surface area contributed by atoms with Crippen molar-refractivity contribution in [1.29, 1.82) is 0 Å². The SMILES string of the molecule is CCOC(=O)CCCNc1nccc(C)c1C(N)=S. The number of aromatic nitrogens is 1. The first-order chi connectivity index (χ1) is 9.06. The molecule has 1 rings (SSSR count). The van der Waals surface area contributed by atoms with Crippen LogP contribution in [-0.4, -0.2) is 29.1 Å². The summed E-state index contributed by atoms with van der Waals surface area (Å²) >= 11 is 5.02. The summed E-state index contributed by atoms with van der Waals surface area (Å²) < 4.78 is 4.85. The zero-order valence-corrected chi connectivity index (χ0v) is 12.0. The van der Waals surface area contributed by atoms with Gasteiger partial charge in [0.15, 0.2) is 0 Å². The standard InChI is InChI=1S/C13H19N3O2S/c1-3-18-10(17)5-4-7-15-13-11(12(14)19)9(2)6-8-16-13/h6,8H,3-5,7H2,1-2H3,(H2,14,19)(H,15,16). The zero-order chi connectivity index (χ0) is 14.3. The fraction of sp³-hybridized carbons (Fsp3) is 0.462. The minimum Gasteiger partial charge on any atom is -0.466 e. The number of carbonyl (C=O) groups excluding carboxylic acids is 1. The molecule has 19 heavy (non-hydrogen) atoms. The maximum Gasteiger partial charge on any atom is 0.305 e. The predicted molar refractivity (Wildman–Crippen MR) is 79.2 cm³/mol. The Hall–Kier alpha value is -1.69. The fourth-order valence-corrected chi connectivity index (χ4v) is 1.93. The quantitative estimate of drug-likeness (QED) is 0.451. The summed E-state index contributed by atoms with van der Waals surface area (Å²) in [5.41, 5.74) is 7.42. The molecule has 0 fully saturated rings. The van der Waals surface area contributed by atoms with Gasteiger partial charge >= 0.3 is 5.97 Å². The highest BCUT2D eigenvalue weighted by atomic mass is 32.1. The molecule has 0 aliphatic carbocycles. The summed E-state index contributed by atoms with van der Waals surface area (Å²) in [5, 5.41) is 3.15. The molecule has 0 amide bonds. The lowest BCUT2D eigenvalue weighted by Gasteiger charge is -2.12. The monoisotopic (exact) mass is 281 g/mol. The van der Waals surface area contributed by atoms with E-state index in [0.29, 0.717) is 36.8 Å². The van der Waals surface area contributed by atoms with Crippen molar-refractivity contribution < 1.29 is 9.53 Å². The highest BCUT2D eigenvalue weighted by Crippen LogP contribution is 2.16. The Morgan fingerprint density at radius 1 is 1.58 bits per heavy atom. The van der Waals surface area contributed by atoms with E-state index in [9.17, 15) is 4.79 Å². The maximum absolute atomic E-state index is 11.2. The Balaban J connectivity index is 2.52. The van der Waals surface area contributed by atoms with E-state index in [0.717, 1.165) is 11.1 Å². The molecular weight excluding hydrogens is 262 g/mol. The molecule has 0 spiro atoms. The average Bonchev–Trinajstić information content (AvgIpc) is 2.34. The number of nitrogens with two attached hydrogens (primary N) is 1. The molecule has 5 nitrogen and oxygen atoms in total. The van der Waals surface area contributed by atoms with Gasteiger partial charge in [-0.05, 0) is 31.9 Å². The van der Waals surface area contributed by atoms with Gasteiger partial charge in [0.1, 0.15) is 10.8 Å². The Kier molecular flexibility index (Phi) is 6.21. The maximum atomic E-state index is 11.2. The first-order valence-corrected chi connectivity index (χ1v) is 6.62. The van der Waals surface area contributed by atoms with Crippen molar-refractivity contribution in [1.82, 2.24) is 4.98 Å². The van der Waals surface area contributed by atoms with Gasteiger partial charge in [0.05, 0.1) is 12.2 Å². The van der Waals surface area contributed by atoms with Crippen LogP contribution >= 0.6 is 12.2 Å². The van der Waals surface area contributed by atoms with Crippen LogP contribution in [0.5, 0.6) is 0 Å². The van der Waals surface area contributed by atoms with E-state index in [-0.39, 0.29) is 5.97 Å². The summed E-state index contributed by atoms with van der Waals surface area (Å²) in [4.78, 5) is 15.7. The van der Waals surface area contributed by atoms with Crippen molar-refractivity contribution >= 4 is 29.0 Å². The Morgan fingerprint density at radius 3 is 2.95 bits per heavy atom. The Labute approximate surface area is 118 Å². The van der Waals surface area contributed by atoms with Crippen LogP contribution in [0, 0.1) is 6.92 Å². The third kappa shape index (κ3) is 4.82. The normalized spacial score (nSPS) is 10.0. The number of hydrogen-bond donors (Lipinski definition) is 2. The lowest BCUT2D eigenvalue weighted by molar-refractivity contribution is -0.143. The zero-order valence-electron chi connectivity index (χ0n) is 11.2. The molecule has 1 heterocycles. The van der Waals surface area contributed by atoms with Gasteiger partial charge in [0.2, 0.25) is 0 Å². The van der Waals surface area contributed by atoms with Crippen molar-refractivity contribution in [2.45, 2.75) is 26.7 Å². The average molecular weight is 281 g/mol. The summed E-state index contributed by atoms with van der Waals surface area (Å²) in [6.07, 6.45) is 2.76. The summed E-state index contributed by atoms with van der Waals surface area (Å²) in [7, 11) is 0. The molecular formula is C13H19N3O2S. The summed E-state index contributed by atoms with van der Waals surface area (Å²) in [5.74, 6) is 0.479. The fourth-order valence-electron chi connectivity index (χ4n) is 1.68. The van der Waals surface area contributed by atoms with Crippen LogP contribution in [0.15, 0.2) is 12.3 Å². The highest BCUT2D eigenvalue weighted by Gasteiger charge is 2.09. The van der Waals surface area contributed by atoms with E-state index >= 15 is 0 Å². The topological polar surface area (TPSA) is 77.2 Å². The van der Waals surface area contributed by atoms with Crippen LogP contribution in [0.3, 0.4) is 0 Å². The first-order valence-electron chi connectivity index (χ1n) is 6.21. The molecule has 0 aliphatic heterocycles. The minimum absolute atomic E-state index is 0.184.